The zero-order valence-electron chi connectivity index (χ0n) is 9.58. The molecule has 2 atom stereocenters. The number of rotatable bonds is 1. The van der Waals surface area contributed by atoms with Crippen LogP contribution in [0.4, 0.5) is 0 Å². The van der Waals surface area contributed by atoms with Crippen molar-refractivity contribution in [2.75, 3.05) is 26.3 Å². The fourth-order valence-corrected chi connectivity index (χ4v) is 2.66. The molecule has 2 aliphatic rings. The van der Waals surface area contributed by atoms with Gasteiger partial charge < -0.3 is 4.74 Å². The summed E-state index contributed by atoms with van der Waals surface area (Å²) in [6.45, 7) is 6.02. The van der Waals surface area contributed by atoms with Gasteiger partial charge in [0.05, 0.1) is 13.2 Å². The Kier molecular flexibility index (Phi) is 3.76. The van der Waals surface area contributed by atoms with Gasteiger partial charge in [-0.25, -0.2) is 0 Å². The number of carbonyl (C=O) groups excluding carboxylic acids is 1. The number of Topliss-reactive ketones (excluding diaryl/α,β-unsaturated/α-hetero) is 1. The number of nitrogens with zero attached hydrogens (tertiary/aromatic N) is 1. The molecule has 0 N–H and O–H groups in total. The van der Waals surface area contributed by atoms with Crippen molar-refractivity contribution in [3.8, 4) is 0 Å². The second kappa shape index (κ2) is 5.08. The van der Waals surface area contributed by atoms with Crippen LogP contribution in [0.1, 0.15) is 32.6 Å². The fourth-order valence-electron chi connectivity index (χ4n) is 2.66. The summed E-state index contributed by atoms with van der Waals surface area (Å²) in [5.41, 5.74) is 0. The van der Waals surface area contributed by atoms with Crippen molar-refractivity contribution in [2.45, 2.75) is 38.6 Å². The first-order valence-electron chi connectivity index (χ1n) is 6.09. The van der Waals surface area contributed by atoms with Gasteiger partial charge in [-0.05, 0) is 18.8 Å². The number of carbonyl (C=O) groups is 1. The number of hydrogen-bond acceptors (Lipinski definition) is 3. The van der Waals surface area contributed by atoms with Gasteiger partial charge in [0.25, 0.3) is 0 Å². The summed E-state index contributed by atoms with van der Waals surface area (Å²) in [5.74, 6) is 1.05. The molecule has 86 valence electrons. The first-order valence-corrected chi connectivity index (χ1v) is 6.09. The minimum atomic E-state index is 0.448. The standard InChI is InChI=1S/C12H21NO2/c1-10-8-13(5-6-15-9-10)11-3-2-4-12(14)7-11/h10-11H,2-9H2,1H3. The SMILES string of the molecule is CC1COCCN(C2CCCC(=O)C2)C1. The molecule has 2 unspecified atom stereocenters. The second-order valence-electron chi connectivity index (χ2n) is 4.96. The highest BCUT2D eigenvalue weighted by molar-refractivity contribution is 5.79. The first kappa shape index (κ1) is 11.1. The molecule has 15 heavy (non-hydrogen) atoms. The zero-order chi connectivity index (χ0) is 10.7. The molecular weight excluding hydrogens is 190 g/mol. The van der Waals surface area contributed by atoms with Crippen LogP contribution in [-0.2, 0) is 9.53 Å². The molecule has 1 saturated carbocycles. The van der Waals surface area contributed by atoms with E-state index in [-0.39, 0.29) is 0 Å². The van der Waals surface area contributed by atoms with Crippen molar-refractivity contribution in [3.63, 3.8) is 0 Å². The molecule has 1 heterocycles. The normalized spacial score (nSPS) is 35.1. The van der Waals surface area contributed by atoms with Crippen LogP contribution in [0.25, 0.3) is 0 Å². The minimum absolute atomic E-state index is 0.448. The third-order valence-electron chi connectivity index (χ3n) is 3.44. The van der Waals surface area contributed by atoms with Gasteiger partial charge in [0, 0.05) is 32.0 Å². The molecule has 1 saturated heterocycles. The maximum Gasteiger partial charge on any atom is 0.134 e. The fraction of sp³-hybridized carbons (Fsp3) is 0.917. The van der Waals surface area contributed by atoms with Crippen LogP contribution in [0.2, 0.25) is 0 Å². The van der Waals surface area contributed by atoms with Crippen molar-refractivity contribution in [2.24, 2.45) is 5.92 Å². The molecule has 3 heteroatoms. The monoisotopic (exact) mass is 211 g/mol. The lowest BCUT2D eigenvalue weighted by Gasteiger charge is -2.33. The summed E-state index contributed by atoms with van der Waals surface area (Å²) in [4.78, 5) is 13.9. The topological polar surface area (TPSA) is 29.5 Å². The largest absolute Gasteiger partial charge is 0.380 e. The maximum atomic E-state index is 11.4. The van der Waals surface area contributed by atoms with Gasteiger partial charge in [0.15, 0.2) is 0 Å². The van der Waals surface area contributed by atoms with Crippen LogP contribution in [0.15, 0.2) is 0 Å². The van der Waals surface area contributed by atoms with E-state index in [1.54, 1.807) is 0 Å². The van der Waals surface area contributed by atoms with E-state index in [1.165, 1.54) is 6.42 Å². The molecule has 1 aliphatic carbocycles. The highest BCUT2D eigenvalue weighted by Gasteiger charge is 2.27. The van der Waals surface area contributed by atoms with Crippen LogP contribution >= 0.6 is 0 Å². The van der Waals surface area contributed by atoms with Gasteiger partial charge in [-0.2, -0.15) is 0 Å². The molecule has 0 bridgehead atoms. The van der Waals surface area contributed by atoms with Gasteiger partial charge in [0.1, 0.15) is 5.78 Å². The van der Waals surface area contributed by atoms with E-state index in [4.69, 9.17) is 4.74 Å². The smallest absolute Gasteiger partial charge is 0.134 e. The quantitative estimate of drug-likeness (QED) is 0.657. The zero-order valence-corrected chi connectivity index (χ0v) is 9.58. The summed E-state index contributed by atoms with van der Waals surface area (Å²) in [5, 5.41) is 0. The highest BCUT2D eigenvalue weighted by atomic mass is 16.5. The minimum Gasteiger partial charge on any atom is -0.380 e. The van der Waals surface area contributed by atoms with Crippen LogP contribution in [0.3, 0.4) is 0 Å². The summed E-state index contributed by atoms with van der Waals surface area (Å²) in [7, 11) is 0. The number of hydrogen-bond donors (Lipinski definition) is 0. The van der Waals surface area contributed by atoms with Gasteiger partial charge in [-0.1, -0.05) is 6.92 Å². The van der Waals surface area contributed by atoms with E-state index < -0.39 is 0 Å². The Morgan fingerprint density at radius 2 is 2.33 bits per heavy atom. The molecule has 2 fully saturated rings. The third kappa shape index (κ3) is 3.02. The molecule has 3 nitrogen and oxygen atoms in total. The van der Waals surface area contributed by atoms with E-state index in [9.17, 15) is 4.79 Å². The lowest BCUT2D eigenvalue weighted by atomic mass is 9.92. The van der Waals surface area contributed by atoms with Crippen molar-refractivity contribution in [3.05, 3.63) is 0 Å². The summed E-state index contributed by atoms with van der Waals surface area (Å²) >= 11 is 0. The average Bonchev–Trinajstić information content (AvgIpc) is 2.43. The molecule has 2 rings (SSSR count). The first-order chi connectivity index (χ1) is 7.25. The van der Waals surface area contributed by atoms with E-state index in [0.717, 1.165) is 45.6 Å². The van der Waals surface area contributed by atoms with Gasteiger partial charge >= 0.3 is 0 Å². The predicted molar refractivity (Wildman–Crippen MR) is 58.8 cm³/mol. The summed E-state index contributed by atoms with van der Waals surface area (Å²) in [6, 6.07) is 0.496. The van der Waals surface area contributed by atoms with Crippen LogP contribution < -0.4 is 0 Å². The summed E-state index contributed by atoms with van der Waals surface area (Å²) < 4.78 is 5.53. The number of ether oxygens (including phenoxy) is 1. The maximum absolute atomic E-state index is 11.4. The van der Waals surface area contributed by atoms with Gasteiger partial charge in [-0.3, -0.25) is 9.69 Å². The van der Waals surface area contributed by atoms with E-state index in [0.29, 0.717) is 17.7 Å². The predicted octanol–water partition coefficient (Wildman–Crippen LogP) is 1.47. The molecular formula is C12H21NO2. The van der Waals surface area contributed by atoms with Crippen molar-refractivity contribution >= 4 is 5.78 Å². The average molecular weight is 211 g/mol. The second-order valence-corrected chi connectivity index (χ2v) is 4.96. The van der Waals surface area contributed by atoms with Gasteiger partial charge in [0.2, 0.25) is 0 Å². The Morgan fingerprint density at radius 3 is 3.13 bits per heavy atom. The lowest BCUT2D eigenvalue weighted by molar-refractivity contribution is -0.122. The molecule has 0 aromatic carbocycles. The Hall–Kier alpha value is -0.410. The van der Waals surface area contributed by atoms with E-state index in [2.05, 4.69) is 11.8 Å². The van der Waals surface area contributed by atoms with Crippen LogP contribution in [0, 0.1) is 5.92 Å². The molecule has 0 spiro atoms. The molecule has 1 aliphatic heterocycles. The molecule has 0 amide bonds. The van der Waals surface area contributed by atoms with Crippen molar-refractivity contribution < 1.29 is 9.53 Å². The van der Waals surface area contributed by atoms with Crippen LogP contribution in [0.5, 0.6) is 0 Å². The third-order valence-corrected chi connectivity index (χ3v) is 3.44. The molecule has 0 aromatic heterocycles. The number of ketones is 1. The van der Waals surface area contributed by atoms with E-state index >= 15 is 0 Å². The Bertz CT molecular complexity index is 230. The van der Waals surface area contributed by atoms with Gasteiger partial charge in [-0.15, -0.1) is 0 Å². The molecule has 0 aromatic rings. The molecule has 0 radical (unpaired) electrons. The van der Waals surface area contributed by atoms with Crippen molar-refractivity contribution in [1.82, 2.24) is 4.90 Å². The van der Waals surface area contributed by atoms with E-state index in [1.807, 2.05) is 0 Å². The summed E-state index contributed by atoms with van der Waals surface area (Å²) in [6.07, 6.45) is 3.84. The van der Waals surface area contributed by atoms with Crippen LogP contribution in [-0.4, -0.2) is 43.0 Å². The lowest BCUT2D eigenvalue weighted by Crippen LogP contribution is -2.41. The Labute approximate surface area is 91.8 Å². The highest BCUT2D eigenvalue weighted by Crippen LogP contribution is 2.22. The van der Waals surface area contributed by atoms with Crippen molar-refractivity contribution in [1.29, 1.82) is 0 Å². The Morgan fingerprint density at radius 1 is 1.47 bits per heavy atom. The Balaban J connectivity index is 1.92.